The molecule has 3 heteroatoms. The Morgan fingerprint density at radius 2 is 2.05 bits per heavy atom. The lowest BCUT2D eigenvalue weighted by atomic mass is 9.72. The highest BCUT2D eigenvalue weighted by Crippen LogP contribution is 2.50. The van der Waals surface area contributed by atoms with Crippen LogP contribution >= 0.6 is 0 Å². The van der Waals surface area contributed by atoms with E-state index < -0.39 is 0 Å². The Balaban J connectivity index is 1.64. The van der Waals surface area contributed by atoms with Crippen molar-refractivity contribution in [1.82, 2.24) is 0 Å². The van der Waals surface area contributed by atoms with E-state index in [1.165, 1.54) is 31.4 Å². The van der Waals surface area contributed by atoms with Gasteiger partial charge in [-0.25, -0.2) is 4.39 Å². The molecule has 2 aliphatic carbocycles. The molecule has 0 aromatic heterocycles. The standard InChI is InChI=1S/C17H19FO2/c18-13-5-6-16-14(8-13)15(19)10-17(20-16)7-1-2-12(9-17)11-3-4-11/h5-6,8,11-12H,1-4,7,9-10H2. The smallest absolute Gasteiger partial charge is 0.170 e. The topological polar surface area (TPSA) is 26.3 Å². The Labute approximate surface area is 118 Å². The summed E-state index contributed by atoms with van der Waals surface area (Å²) >= 11 is 0. The van der Waals surface area contributed by atoms with Gasteiger partial charge in [0, 0.05) is 0 Å². The molecule has 106 valence electrons. The number of fused-ring (bicyclic) bond motifs is 1. The molecule has 1 aliphatic heterocycles. The fourth-order valence-electron chi connectivity index (χ4n) is 4.06. The number of hydrogen-bond donors (Lipinski definition) is 0. The summed E-state index contributed by atoms with van der Waals surface area (Å²) in [6.45, 7) is 0. The number of benzene rings is 1. The van der Waals surface area contributed by atoms with Crippen LogP contribution in [-0.4, -0.2) is 11.4 Å². The van der Waals surface area contributed by atoms with E-state index in [9.17, 15) is 9.18 Å². The molecule has 2 saturated carbocycles. The zero-order chi connectivity index (χ0) is 13.7. The molecular formula is C17H19FO2. The molecule has 4 rings (SSSR count). The lowest BCUT2D eigenvalue weighted by molar-refractivity contribution is -0.00750. The van der Waals surface area contributed by atoms with Crippen LogP contribution in [-0.2, 0) is 0 Å². The maximum atomic E-state index is 13.3. The van der Waals surface area contributed by atoms with Gasteiger partial charge in [0.2, 0.25) is 0 Å². The molecule has 1 spiro atoms. The van der Waals surface area contributed by atoms with Crippen molar-refractivity contribution in [3.63, 3.8) is 0 Å². The third-order valence-electron chi connectivity index (χ3n) is 5.18. The number of hydrogen-bond acceptors (Lipinski definition) is 2. The molecule has 1 heterocycles. The summed E-state index contributed by atoms with van der Waals surface area (Å²) < 4.78 is 19.5. The normalized spacial score (nSPS) is 32.9. The lowest BCUT2D eigenvalue weighted by Gasteiger charge is -2.43. The summed E-state index contributed by atoms with van der Waals surface area (Å²) in [7, 11) is 0. The van der Waals surface area contributed by atoms with Gasteiger partial charge in [-0.05, 0) is 68.6 Å². The molecule has 0 saturated heterocycles. The highest BCUT2D eigenvalue weighted by molar-refractivity contribution is 6.00. The number of halogens is 1. The van der Waals surface area contributed by atoms with Gasteiger partial charge in [-0.1, -0.05) is 0 Å². The van der Waals surface area contributed by atoms with Gasteiger partial charge in [0.25, 0.3) is 0 Å². The van der Waals surface area contributed by atoms with Gasteiger partial charge < -0.3 is 4.74 Å². The number of carbonyl (C=O) groups excluding carboxylic acids is 1. The van der Waals surface area contributed by atoms with Crippen LogP contribution in [0.15, 0.2) is 18.2 Å². The summed E-state index contributed by atoms with van der Waals surface area (Å²) in [6.07, 6.45) is 7.49. The number of ketones is 1. The van der Waals surface area contributed by atoms with Gasteiger partial charge >= 0.3 is 0 Å². The second kappa shape index (κ2) is 4.31. The molecule has 2 fully saturated rings. The molecule has 0 N–H and O–H groups in total. The highest BCUT2D eigenvalue weighted by atomic mass is 19.1. The van der Waals surface area contributed by atoms with Crippen LogP contribution in [0.4, 0.5) is 4.39 Å². The minimum absolute atomic E-state index is 0.0437. The van der Waals surface area contributed by atoms with Gasteiger partial charge in [-0.3, -0.25) is 4.79 Å². The van der Waals surface area contributed by atoms with Crippen molar-refractivity contribution in [2.75, 3.05) is 0 Å². The lowest BCUT2D eigenvalue weighted by Crippen LogP contribution is -2.46. The second-order valence-electron chi connectivity index (χ2n) is 6.72. The van der Waals surface area contributed by atoms with E-state index in [-0.39, 0.29) is 17.2 Å². The van der Waals surface area contributed by atoms with Gasteiger partial charge in [0.1, 0.15) is 17.2 Å². The maximum absolute atomic E-state index is 13.3. The highest BCUT2D eigenvalue weighted by Gasteiger charge is 2.47. The van der Waals surface area contributed by atoms with Crippen molar-refractivity contribution >= 4 is 5.78 Å². The Hall–Kier alpha value is -1.38. The first-order valence-electron chi connectivity index (χ1n) is 7.67. The predicted molar refractivity (Wildman–Crippen MR) is 73.4 cm³/mol. The van der Waals surface area contributed by atoms with Gasteiger partial charge in [-0.15, -0.1) is 0 Å². The van der Waals surface area contributed by atoms with Crippen LogP contribution in [0.1, 0.15) is 55.3 Å². The molecule has 2 atom stereocenters. The second-order valence-corrected chi connectivity index (χ2v) is 6.72. The summed E-state index contributed by atoms with van der Waals surface area (Å²) in [6, 6.07) is 4.31. The quantitative estimate of drug-likeness (QED) is 0.769. The van der Waals surface area contributed by atoms with E-state index >= 15 is 0 Å². The van der Waals surface area contributed by atoms with E-state index in [0.29, 0.717) is 17.7 Å². The van der Waals surface area contributed by atoms with Crippen LogP contribution in [0, 0.1) is 17.7 Å². The first kappa shape index (κ1) is 12.4. The molecule has 2 unspecified atom stereocenters. The fraction of sp³-hybridized carbons (Fsp3) is 0.588. The molecule has 0 radical (unpaired) electrons. The van der Waals surface area contributed by atoms with E-state index in [2.05, 4.69) is 0 Å². The molecular weight excluding hydrogens is 255 g/mol. The number of ether oxygens (including phenoxy) is 1. The van der Waals surface area contributed by atoms with Crippen molar-refractivity contribution < 1.29 is 13.9 Å². The Bertz CT molecular complexity index is 564. The molecule has 1 aromatic carbocycles. The SMILES string of the molecule is O=C1CC2(CCCC(C3CC3)C2)Oc2ccc(F)cc21. The minimum atomic E-state index is -0.365. The molecule has 0 bridgehead atoms. The first-order chi connectivity index (χ1) is 9.65. The van der Waals surface area contributed by atoms with Crippen LogP contribution in [0.5, 0.6) is 5.75 Å². The molecule has 0 amide bonds. The van der Waals surface area contributed by atoms with E-state index in [4.69, 9.17) is 4.74 Å². The van der Waals surface area contributed by atoms with Crippen LogP contribution in [0.2, 0.25) is 0 Å². The van der Waals surface area contributed by atoms with Crippen molar-refractivity contribution in [3.8, 4) is 5.75 Å². The molecule has 20 heavy (non-hydrogen) atoms. The predicted octanol–water partition coefficient (Wildman–Crippen LogP) is 4.13. The average Bonchev–Trinajstić information content (AvgIpc) is 3.24. The van der Waals surface area contributed by atoms with Gasteiger partial charge in [0.05, 0.1) is 12.0 Å². The van der Waals surface area contributed by atoms with Gasteiger partial charge in [-0.2, -0.15) is 0 Å². The Morgan fingerprint density at radius 1 is 1.20 bits per heavy atom. The first-order valence-corrected chi connectivity index (χ1v) is 7.67. The third kappa shape index (κ3) is 2.04. The number of carbonyl (C=O) groups is 1. The minimum Gasteiger partial charge on any atom is -0.486 e. The zero-order valence-corrected chi connectivity index (χ0v) is 11.5. The van der Waals surface area contributed by atoms with E-state index in [1.54, 1.807) is 6.07 Å². The largest absolute Gasteiger partial charge is 0.486 e. The zero-order valence-electron chi connectivity index (χ0n) is 11.5. The van der Waals surface area contributed by atoms with E-state index in [0.717, 1.165) is 31.1 Å². The molecule has 1 aromatic rings. The monoisotopic (exact) mass is 274 g/mol. The number of Topliss-reactive ketones (excluding diaryl/α,β-unsaturated/α-hetero) is 1. The van der Waals surface area contributed by atoms with E-state index in [1.807, 2.05) is 0 Å². The fourth-order valence-corrected chi connectivity index (χ4v) is 4.06. The van der Waals surface area contributed by atoms with Crippen molar-refractivity contribution in [2.45, 2.75) is 50.5 Å². The number of rotatable bonds is 1. The third-order valence-corrected chi connectivity index (χ3v) is 5.18. The Kier molecular flexibility index (Phi) is 2.66. The molecule has 3 aliphatic rings. The molecule has 2 nitrogen and oxygen atoms in total. The van der Waals surface area contributed by atoms with Crippen molar-refractivity contribution in [2.24, 2.45) is 11.8 Å². The summed E-state index contributed by atoms with van der Waals surface area (Å²) in [5.41, 5.74) is 0.108. The van der Waals surface area contributed by atoms with Gasteiger partial charge in [0.15, 0.2) is 5.78 Å². The van der Waals surface area contributed by atoms with Crippen LogP contribution in [0.25, 0.3) is 0 Å². The average molecular weight is 274 g/mol. The van der Waals surface area contributed by atoms with Crippen molar-refractivity contribution in [3.05, 3.63) is 29.6 Å². The van der Waals surface area contributed by atoms with Crippen LogP contribution in [0.3, 0.4) is 0 Å². The van der Waals surface area contributed by atoms with Crippen LogP contribution < -0.4 is 4.74 Å². The summed E-state index contributed by atoms with van der Waals surface area (Å²) in [4.78, 5) is 12.4. The van der Waals surface area contributed by atoms with Crippen molar-refractivity contribution in [1.29, 1.82) is 0 Å². The summed E-state index contributed by atoms with van der Waals surface area (Å²) in [5, 5.41) is 0. The Morgan fingerprint density at radius 3 is 2.85 bits per heavy atom. The summed E-state index contributed by atoms with van der Waals surface area (Å²) in [5.74, 6) is 1.84. The maximum Gasteiger partial charge on any atom is 0.170 e.